The van der Waals surface area contributed by atoms with Gasteiger partial charge in [0.1, 0.15) is 11.1 Å². The van der Waals surface area contributed by atoms with Crippen molar-refractivity contribution < 1.29 is 27.3 Å². The molecule has 11 heteroatoms. The van der Waals surface area contributed by atoms with Gasteiger partial charge in [-0.25, -0.2) is 4.79 Å². The number of amides is 1. The molecule has 32 heavy (non-hydrogen) atoms. The van der Waals surface area contributed by atoms with Gasteiger partial charge in [0.25, 0.3) is 11.6 Å². The molecule has 1 aliphatic heterocycles. The number of benzene rings is 2. The standard InChI is InChI=1S/C21H16F3N3O5/c22-21(23,24)14-2-1-3-15(12-14)25-6-8-26(9-7-25)19(28)17-11-13-10-16(27(30)31)4-5-18(13)32-20(17)29/h1-5,10-12H,6-9H2. The summed E-state index contributed by atoms with van der Waals surface area (Å²) in [6, 6.07) is 9.90. The third kappa shape index (κ3) is 4.13. The Morgan fingerprint density at radius 2 is 1.75 bits per heavy atom. The molecule has 0 N–H and O–H groups in total. The van der Waals surface area contributed by atoms with Crippen molar-refractivity contribution in [2.45, 2.75) is 6.18 Å². The van der Waals surface area contributed by atoms with Crippen LogP contribution in [0.5, 0.6) is 0 Å². The van der Waals surface area contributed by atoms with E-state index in [2.05, 4.69) is 0 Å². The fourth-order valence-electron chi connectivity index (χ4n) is 3.59. The third-order valence-corrected chi connectivity index (χ3v) is 5.26. The van der Waals surface area contributed by atoms with Crippen LogP contribution in [-0.4, -0.2) is 41.9 Å². The highest BCUT2D eigenvalue weighted by molar-refractivity contribution is 5.97. The Labute approximate surface area is 178 Å². The summed E-state index contributed by atoms with van der Waals surface area (Å²) in [6.07, 6.45) is -4.45. The smallest absolute Gasteiger partial charge is 0.416 e. The fraction of sp³-hybridized carbons (Fsp3) is 0.238. The minimum Gasteiger partial charge on any atom is -0.422 e. The van der Waals surface area contributed by atoms with Gasteiger partial charge in [-0.15, -0.1) is 0 Å². The molecule has 2 heterocycles. The Morgan fingerprint density at radius 3 is 2.41 bits per heavy atom. The number of nitrogens with zero attached hydrogens (tertiary/aromatic N) is 3. The van der Waals surface area contributed by atoms with E-state index in [4.69, 9.17) is 4.42 Å². The van der Waals surface area contributed by atoms with E-state index in [1.54, 1.807) is 11.0 Å². The average Bonchev–Trinajstić information content (AvgIpc) is 2.77. The first-order chi connectivity index (χ1) is 15.1. The first kappa shape index (κ1) is 21.3. The van der Waals surface area contributed by atoms with Crippen LogP contribution in [0.15, 0.2) is 57.7 Å². The highest BCUT2D eigenvalue weighted by atomic mass is 19.4. The maximum atomic E-state index is 13.0. The predicted molar refractivity (Wildman–Crippen MR) is 109 cm³/mol. The van der Waals surface area contributed by atoms with Crippen molar-refractivity contribution in [2.24, 2.45) is 0 Å². The number of fused-ring (bicyclic) bond motifs is 1. The Morgan fingerprint density at radius 1 is 1.03 bits per heavy atom. The predicted octanol–water partition coefficient (Wildman–Crippen LogP) is 3.68. The normalized spacial score (nSPS) is 14.6. The SMILES string of the molecule is O=C(c1cc2cc([N+](=O)[O-])ccc2oc1=O)N1CCN(c2cccc(C(F)(F)F)c2)CC1. The van der Waals surface area contributed by atoms with Crippen molar-refractivity contribution in [1.29, 1.82) is 0 Å². The molecule has 1 aromatic heterocycles. The van der Waals surface area contributed by atoms with Crippen molar-refractivity contribution in [3.8, 4) is 0 Å². The molecule has 8 nitrogen and oxygen atoms in total. The van der Waals surface area contributed by atoms with Gasteiger partial charge in [0, 0.05) is 49.4 Å². The molecule has 166 valence electrons. The lowest BCUT2D eigenvalue weighted by Crippen LogP contribution is -2.49. The number of anilines is 1. The van der Waals surface area contributed by atoms with E-state index < -0.39 is 28.2 Å². The van der Waals surface area contributed by atoms with Crippen LogP contribution in [0.3, 0.4) is 0 Å². The summed E-state index contributed by atoms with van der Waals surface area (Å²) in [6.45, 7) is 0.915. The zero-order valence-corrected chi connectivity index (χ0v) is 16.5. The maximum Gasteiger partial charge on any atom is 0.416 e. The topological polar surface area (TPSA) is 96.9 Å². The summed E-state index contributed by atoms with van der Waals surface area (Å²) < 4.78 is 44.0. The molecular weight excluding hydrogens is 431 g/mol. The van der Waals surface area contributed by atoms with Crippen molar-refractivity contribution in [2.75, 3.05) is 31.1 Å². The molecule has 0 bridgehead atoms. The Kier molecular flexibility index (Phi) is 5.33. The number of non-ortho nitro benzene ring substituents is 1. The largest absolute Gasteiger partial charge is 0.422 e. The van der Waals surface area contributed by atoms with Crippen molar-refractivity contribution in [3.63, 3.8) is 0 Å². The number of nitro benzene ring substituents is 1. The van der Waals surface area contributed by atoms with Crippen molar-refractivity contribution in [1.82, 2.24) is 4.90 Å². The van der Waals surface area contributed by atoms with Crippen LogP contribution in [0.25, 0.3) is 11.0 Å². The number of nitro groups is 1. The molecule has 3 aromatic rings. The molecule has 4 rings (SSSR count). The summed E-state index contributed by atoms with van der Waals surface area (Å²) in [5.74, 6) is -0.601. The summed E-state index contributed by atoms with van der Waals surface area (Å²) in [4.78, 5) is 38.7. The van der Waals surface area contributed by atoms with Crippen LogP contribution >= 0.6 is 0 Å². The van der Waals surface area contributed by atoms with Crippen LogP contribution < -0.4 is 10.5 Å². The van der Waals surface area contributed by atoms with E-state index in [-0.39, 0.29) is 48.4 Å². The molecule has 0 atom stereocenters. The van der Waals surface area contributed by atoms with Gasteiger partial charge in [-0.1, -0.05) is 6.07 Å². The van der Waals surface area contributed by atoms with Crippen LogP contribution in [0.4, 0.5) is 24.5 Å². The number of halogens is 3. The lowest BCUT2D eigenvalue weighted by molar-refractivity contribution is -0.384. The molecule has 0 radical (unpaired) electrons. The minimum absolute atomic E-state index is 0.117. The first-order valence-corrected chi connectivity index (χ1v) is 9.57. The molecule has 1 saturated heterocycles. The number of rotatable bonds is 3. The third-order valence-electron chi connectivity index (χ3n) is 5.26. The maximum absolute atomic E-state index is 13.0. The van der Waals surface area contributed by atoms with E-state index in [0.717, 1.165) is 12.1 Å². The molecule has 0 unspecified atom stereocenters. The molecule has 0 aliphatic carbocycles. The van der Waals surface area contributed by atoms with Gasteiger partial charge in [-0.2, -0.15) is 13.2 Å². The Balaban J connectivity index is 1.52. The molecule has 1 amide bonds. The van der Waals surface area contributed by atoms with E-state index in [1.807, 2.05) is 0 Å². The number of carbonyl (C=O) groups excluding carboxylic acids is 1. The molecule has 1 fully saturated rings. The number of piperazine rings is 1. The van der Waals surface area contributed by atoms with Crippen molar-refractivity contribution >= 4 is 28.3 Å². The second-order valence-electron chi connectivity index (χ2n) is 7.25. The fourth-order valence-corrected chi connectivity index (χ4v) is 3.59. The molecule has 2 aromatic carbocycles. The van der Waals surface area contributed by atoms with Gasteiger partial charge in [-0.3, -0.25) is 14.9 Å². The molecule has 0 spiro atoms. The average molecular weight is 447 g/mol. The monoisotopic (exact) mass is 447 g/mol. The second-order valence-corrected chi connectivity index (χ2v) is 7.25. The van der Waals surface area contributed by atoms with Gasteiger partial charge in [0.05, 0.1) is 10.5 Å². The van der Waals surface area contributed by atoms with Crippen LogP contribution in [-0.2, 0) is 6.18 Å². The van der Waals surface area contributed by atoms with E-state index in [0.29, 0.717) is 5.69 Å². The quantitative estimate of drug-likeness (QED) is 0.345. The lowest BCUT2D eigenvalue weighted by Gasteiger charge is -2.36. The van der Waals surface area contributed by atoms with Gasteiger partial charge in [-0.05, 0) is 30.3 Å². The number of alkyl halides is 3. The molecule has 0 saturated carbocycles. The van der Waals surface area contributed by atoms with Gasteiger partial charge in [0.15, 0.2) is 0 Å². The minimum atomic E-state index is -4.45. The van der Waals surface area contributed by atoms with E-state index in [9.17, 15) is 32.9 Å². The highest BCUT2D eigenvalue weighted by Crippen LogP contribution is 2.32. The Hall–Kier alpha value is -3.89. The van der Waals surface area contributed by atoms with Crippen molar-refractivity contribution in [3.05, 3.63) is 80.2 Å². The summed E-state index contributed by atoms with van der Waals surface area (Å²) >= 11 is 0. The number of hydrogen-bond acceptors (Lipinski definition) is 6. The lowest BCUT2D eigenvalue weighted by atomic mass is 10.1. The van der Waals surface area contributed by atoms with Gasteiger partial charge < -0.3 is 14.2 Å². The zero-order chi connectivity index (χ0) is 23.0. The van der Waals surface area contributed by atoms with Gasteiger partial charge >= 0.3 is 11.8 Å². The first-order valence-electron chi connectivity index (χ1n) is 9.57. The number of hydrogen-bond donors (Lipinski definition) is 0. The second kappa shape index (κ2) is 7.98. The van der Waals surface area contributed by atoms with E-state index >= 15 is 0 Å². The summed E-state index contributed by atoms with van der Waals surface area (Å²) in [7, 11) is 0. The van der Waals surface area contributed by atoms with E-state index in [1.165, 1.54) is 35.2 Å². The van der Waals surface area contributed by atoms with Crippen LogP contribution in [0, 0.1) is 10.1 Å². The van der Waals surface area contributed by atoms with Crippen LogP contribution in [0.1, 0.15) is 15.9 Å². The Bertz CT molecular complexity index is 1260. The number of carbonyl (C=O) groups is 1. The molecule has 1 aliphatic rings. The van der Waals surface area contributed by atoms with Crippen LogP contribution in [0.2, 0.25) is 0 Å². The summed E-state index contributed by atoms with van der Waals surface area (Å²) in [5.41, 5.74) is -1.58. The highest BCUT2D eigenvalue weighted by Gasteiger charge is 2.31. The summed E-state index contributed by atoms with van der Waals surface area (Å²) in [5, 5.41) is 11.2. The van der Waals surface area contributed by atoms with Gasteiger partial charge in [0.2, 0.25) is 0 Å². The zero-order valence-electron chi connectivity index (χ0n) is 16.5. The molecular formula is C21H16F3N3O5.